The lowest BCUT2D eigenvalue weighted by atomic mass is 10.1. The summed E-state index contributed by atoms with van der Waals surface area (Å²) in [6.45, 7) is 5.45. The lowest BCUT2D eigenvalue weighted by Crippen LogP contribution is -1.98. The Bertz CT molecular complexity index is 605. The quantitative estimate of drug-likeness (QED) is 0.837. The van der Waals surface area contributed by atoms with E-state index in [0.29, 0.717) is 5.76 Å². The number of hydrogen-bond acceptors (Lipinski definition) is 4. The van der Waals surface area contributed by atoms with Gasteiger partial charge in [-0.05, 0) is 6.92 Å². The van der Waals surface area contributed by atoms with Crippen molar-refractivity contribution in [2.75, 3.05) is 0 Å². The lowest BCUT2D eigenvalue weighted by molar-refractivity contribution is 0.209. The summed E-state index contributed by atoms with van der Waals surface area (Å²) < 4.78 is 5.15. The predicted octanol–water partition coefficient (Wildman–Crippen LogP) is 2.76. The highest BCUT2D eigenvalue weighted by Crippen LogP contribution is 2.25. The second-order valence-electron chi connectivity index (χ2n) is 4.02. The summed E-state index contributed by atoms with van der Waals surface area (Å²) in [6.07, 6.45) is -1.11. The van der Waals surface area contributed by atoms with E-state index in [-0.39, 0.29) is 11.3 Å². The molecule has 1 atom stereocenters. The molecule has 0 amide bonds. The highest BCUT2D eigenvalue weighted by molar-refractivity contribution is 5.58. The molecule has 1 N–H and O–H groups in total. The van der Waals surface area contributed by atoms with Gasteiger partial charge in [-0.1, -0.05) is 41.6 Å². The first-order valence-electron chi connectivity index (χ1n) is 5.42. The SMILES string of the molecule is C=C(C#N)C(O)c1cc(-c2ccc(C)cc2)on1. The van der Waals surface area contributed by atoms with Crippen LogP contribution < -0.4 is 0 Å². The van der Waals surface area contributed by atoms with Crippen molar-refractivity contribution in [1.82, 2.24) is 5.16 Å². The summed E-state index contributed by atoms with van der Waals surface area (Å²) in [7, 11) is 0. The molecule has 2 aromatic rings. The zero-order valence-electron chi connectivity index (χ0n) is 9.92. The molecular weight excluding hydrogens is 228 g/mol. The number of aliphatic hydroxyl groups excluding tert-OH is 1. The summed E-state index contributed by atoms with van der Waals surface area (Å²) in [5.41, 5.74) is 2.35. The van der Waals surface area contributed by atoms with Crippen LogP contribution in [0.3, 0.4) is 0 Å². The first kappa shape index (κ1) is 12.1. The first-order valence-corrected chi connectivity index (χ1v) is 5.42. The van der Waals surface area contributed by atoms with Gasteiger partial charge in [0.25, 0.3) is 0 Å². The Kier molecular flexibility index (Phi) is 3.26. The fourth-order valence-corrected chi connectivity index (χ4v) is 1.51. The number of rotatable bonds is 3. The number of aliphatic hydroxyl groups is 1. The van der Waals surface area contributed by atoms with Gasteiger partial charge in [-0.3, -0.25) is 0 Å². The van der Waals surface area contributed by atoms with E-state index < -0.39 is 6.10 Å². The summed E-state index contributed by atoms with van der Waals surface area (Å²) in [6, 6.07) is 11.1. The second-order valence-corrected chi connectivity index (χ2v) is 4.02. The molecule has 1 aromatic carbocycles. The van der Waals surface area contributed by atoms with E-state index in [1.807, 2.05) is 31.2 Å². The molecule has 0 fully saturated rings. The minimum absolute atomic E-state index is 0.0405. The molecule has 0 spiro atoms. The second kappa shape index (κ2) is 4.86. The number of nitrogens with zero attached hydrogens (tertiary/aromatic N) is 2. The maximum absolute atomic E-state index is 9.75. The molecule has 0 saturated heterocycles. The van der Waals surface area contributed by atoms with Gasteiger partial charge in [-0.25, -0.2) is 0 Å². The van der Waals surface area contributed by atoms with E-state index in [1.54, 1.807) is 12.1 Å². The molecule has 0 aliphatic heterocycles. The Morgan fingerprint density at radius 3 is 2.72 bits per heavy atom. The zero-order chi connectivity index (χ0) is 13.1. The third kappa shape index (κ3) is 2.31. The van der Waals surface area contributed by atoms with Crippen LogP contribution in [0.5, 0.6) is 0 Å². The molecule has 1 heterocycles. The summed E-state index contributed by atoms with van der Waals surface area (Å²) in [5.74, 6) is 0.551. The van der Waals surface area contributed by atoms with Crippen LogP contribution in [0.1, 0.15) is 17.4 Å². The zero-order valence-corrected chi connectivity index (χ0v) is 9.92. The highest BCUT2D eigenvalue weighted by atomic mass is 16.5. The van der Waals surface area contributed by atoms with Crippen molar-refractivity contribution >= 4 is 0 Å². The van der Waals surface area contributed by atoms with Gasteiger partial charge in [-0.2, -0.15) is 5.26 Å². The highest BCUT2D eigenvalue weighted by Gasteiger charge is 2.17. The molecule has 4 nitrogen and oxygen atoms in total. The molecule has 90 valence electrons. The van der Waals surface area contributed by atoms with E-state index >= 15 is 0 Å². The van der Waals surface area contributed by atoms with Gasteiger partial charge in [0.05, 0.1) is 11.6 Å². The normalized spacial score (nSPS) is 11.8. The number of hydrogen-bond donors (Lipinski definition) is 1. The fourth-order valence-electron chi connectivity index (χ4n) is 1.51. The van der Waals surface area contributed by atoms with Crippen LogP contribution in [0.4, 0.5) is 0 Å². The van der Waals surface area contributed by atoms with Crippen molar-refractivity contribution in [2.24, 2.45) is 0 Å². The molecular formula is C14H12N2O2. The van der Waals surface area contributed by atoms with Crippen LogP contribution in [0.2, 0.25) is 0 Å². The van der Waals surface area contributed by atoms with Gasteiger partial charge in [0.1, 0.15) is 11.8 Å². The Morgan fingerprint density at radius 2 is 2.11 bits per heavy atom. The minimum atomic E-state index is -1.11. The molecule has 4 heteroatoms. The fraction of sp³-hybridized carbons (Fsp3) is 0.143. The Hall–Kier alpha value is -2.38. The van der Waals surface area contributed by atoms with Crippen molar-refractivity contribution in [1.29, 1.82) is 5.26 Å². The monoisotopic (exact) mass is 240 g/mol. The standard InChI is InChI=1S/C14H12N2O2/c1-9-3-5-11(6-4-9)13-7-12(16-18-13)14(17)10(2)8-15/h3-7,14,17H,2H2,1H3. The smallest absolute Gasteiger partial charge is 0.167 e. The molecule has 0 aliphatic carbocycles. The molecule has 0 aliphatic rings. The van der Waals surface area contributed by atoms with Crippen LogP contribution in [0, 0.1) is 18.3 Å². The molecule has 1 unspecified atom stereocenters. The summed E-state index contributed by atoms with van der Waals surface area (Å²) in [5, 5.41) is 22.1. The van der Waals surface area contributed by atoms with E-state index in [9.17, 15) is 5.11 Å². The number of benzene rings is 1. The Labute approximate surface area is 105 Å². The third-order valence-electron chi connectivity index (χ3n) is 2.62. The summed E-state index contributed by atoms with van der Waals surface area (Å²) >= 11 is 0. The van der Waals surface area contributed by atoms with Crippen LogP contribution >= 0.6 is 0 Å². The molecule has 0 bridgehead atoms. The van der Waals surface area contributed by atoms with Gasteiger partial charge < -0.3 is 9.63 Å². The van der Waals surface area contributed by atoms with Crippen molar-refractivity contribution in [3.63, 3.8) is 0 Å². The molecule has 0 saturated carbocycles. The van der Waals surface area contributed by atoms with Crippen molar-refractivity contribution in [3.05, 3.63) is 53.7 Å². The van der Waals surface area contributed by atoms with Crippen LogP contribution in [-0.4, -0.2) is 10.3 Å². The van der Waals surface area contributed by atoms with Gasteiger partial charge >= 0.3 is 0 Å². The first-order chi connectivity index (χ1) is 8.61. The topological polar surface area (TPSA) is 70.0 Å². The van der Waals surface area contributed by atoms with Crippen molar-refractivity contribution in [3.8, 4) is 17.4 Å². The molecule has 18 heavy (non-hydrogen) atoms. The summed E-state index contributed by atoms with van der Waals surface area (Å²) in [4.78, 5) is 0. The van der Waals surface area contributed by atoms with E-state index in [1.165, 1.54) is 0 Å². The Balaban J connectivity index is 2.28. The van der Waals surface area contributed by atoms with Crippen molar-refractivity contribution in [2.45, 2.75) is 13.0 Å². The number of nitriles is 1. The van der Waals surface area contributed by atoms with E-state index in [4.69, 9.17) is 9.78 Å². The molecule has 0 radical (unpaired) electrons. The maximum atomic E-state index is 9.75. The third-order valence-corrected chi connectivity index (χ3v) is 2.62. The minimum Gasteiger partial charge on any atom is -0.381 e. The van der Waals surface area contributed by atoms with Gasteiger partial charge in [0.15, 0.2) is 5.76 Å². The van der Waals surface area contributed by atoms with Crippen LogP contribution in [0.25, 0.3) is 11.3 Å². The predicted molar refractivity (Wildman–Crippen MR) is 66.4 cm³/mol. The maximum Gasteiger partial charge on any atom is 0.167 e. The van der Waals surface area contributed by atoms with Crippen LogP contribution in [-0.2, 0) is 0 Å². The number of aryl methyl sites for hydroxylation is 1. The van der Waals surface area contributed by atoms with E-state index in [0.717, 1.165) is 11.1 Å². The largest absolute Gasteiger partial charge is 0.381 e. The van der Waals surface area contributed by atoms with Gasteiger partial charge in [0, 0.05) is 11.6 Å². The Morgan fingerprint density at radius 1 is 1.44 bits per heavy atom. The molecule has 1 aromatic heterocycles. The van der Waals surface area contributed by atoms with Gasteiger partial charge in [0.2, 0.25) is 0 Å². The molecule has 2 rings (SSSR count). The average molecular weight is 240 g/mol. The van der Waals surface area contributed by atoms with Gasteiger partial charge in [-0.15, -0.1) is 0 Å². The average Bonchev–Trinajstić information content (AvgIpc) is 2.87. The lowest BCUT2D eigenvalue weighted by Gasteiger charge is -2.01. The number of aromatic nitrogens is 1. The van der Waals surface area contributed by atoms with E-state index in [2.05, 4.69) is 11.7 Å². The van der Waals surface area contributed by atoms with Crippen molar-refractivity contribution < 1.29 is 9.63 Å². The van der Waals surface area contributed by atoms with Crippen LogP contribution in [0.15, 0.2) is 47.0 Å².